The number of alkyl halides is 2. The zero-order valence-electron chi connectivity index (χ0n) is 9.25. The first-order valence-electron chi connectivity index (χ1n) is 4.83. The minimum absolute atomic E-state index is 0. The van der Waals surface area contributed by atoms with Crippen LogP contribution in [-0.2, 0) is 6.42 Å². The van der Waals surface area contributed by atoms with E-state index in [9.17, 15) is 8.78 Å². The molecule has 0 radical (unpaired) electrons. The molecule has 0 saturated carbocycles. The van der Waals surface area contributed by atoms with Gasteiger partial charge < -0.3 is 11.1 Å². The summed E-state index contributed by atoms with van der Waals surface area (Å²) in [6.45, 7) is 1.77. The van der Waals surface area contributed by atoms with E-state index in [2.05, 4.69) is 0 Å². The minimum Gasteiger partial charge on any atom is -0.359 e. The maximum atomic E-state index is 12.7. The molecule has 0 amide bonds. The highest BCUT2D eigenvalue weighted by atomic mass is 35.5. The van der Waals surface area contributed by atoms with Crippen molar-refractivity contribution in [2.24, 2.45) is 0 Å². The van der Waals surface area contributed by atoms with Gasteiger partial charge in [-0.2, -0.15) is 0 Å². The van der Waals surface area contributed by atoms with Crippen LogP contribution < -0.4 is 11.1 Å². The normalized spacial score (nSPS) is 16.8. The third-order valence-electron chi connectivity index (χ3n) is 2.56. The number of nitrogens with zero attached hydrogens (tertiary/aromatic N) is 1. The Labute approximate surface area is 101 Å². The first kappa shape index (κ1) is 15.1. The number of aryl methyl sites for hydroxylation is 1. The summed E-state index contributed by atoms with van der Waals surface area (Å²) in [7, 11) is 0. The molecular weight excluding hydrogens is 234 g/mol. The molecule has 92 valence electrons. The molecule has 3 N–H and O–H groups in total. The molecule has 5 heteroatoms. The number of rotatable bonds is 2. The fourth-order valence-corrected chi connectivity index (χ4v) is 1.80. The molecule has 2 rings (SSSR count). The Bertz CT molecular complexity index is 337. The van der Waals surface area contributed by atoms with Gasteiger partial charge in [0.15, 0.2) is 0 Å². The quantitative estimate of drug-likeness (QED) is 0.875. The van der Waals surface area contributed by atoms with Crippen molar-refractivity contribution >= 4 is 18.1 Å². The van der Waals surface area contributed by atoms with E-state index < -0.39 is 5.92 Å². The van der Waals surface area contributed by atoms with Gasteiger partial charge in [-0.15, -0.1) is 12.4 Å². The van der Waals surface area contributed by atoms with Crippen LogP contribution in [-0.4, -0.2) is 19.0 Å². The molecule has 1 saturated heterocycles. The maximum absolute atomic E-state index is 12.7. The van der Waals surface area contributed by atoms with Crippen molar-refractivity contribution in [2.75, 3.05) is 18.0 Å². The van der Waals surface area contributed by atoms with Gasteiger partial charge in [0.1, 0.15) is 0 Å². The maximum Gasteiger partial charge on any atom is 0.282 e. The molecule has 0 unspecified atom stereocenters. The molecular formula is C11H17ClF2N2. The molecule has 0 bridgehead atoms. The molecule has 16 heavy (non-hydrogen) atoms. The van der Waals surface area contributed by atoms with Gasteiger partial charge in [-0.05, 0) is 18.1 Å². The van der Waals surface area contributed by atoms with Crippen LogP contribution in [0.15, 0.2) is 24.3 Å². The standard InChI is InChI=1S/C11H13F2N.ClH.H3N/c1-2-9-5-3-4-6-10(9)14-7-11(12,13)8-14;;/h3-6H,2,7-8H2,1H3;1H;1H3. The third kappa shape index (κ3) is 2.83. The number of hydrogen-bond donors (Lipinski definition) is 1. The first-order chi connectivity index (χ1) is 6.62. The summed E-state index contributed by atoms with van der Waals surface area (Å²) in [4.78, 5) is 1.73. The van der Waals surface area contributed by atoms with Crippen LogP contribution in [0.25, 0.3) is 0 Å². The van der Waals surface area contributed by atoms with Crippen molar-refractivity contribution in [3.63, 3.8) is 0 Å². The van der Waals surface area contributed by atoms with Gasteiger partial charge >= 0.3 is 0 Å². The Kier molecular flexibility index (Phi) is 5.16. The van der Waals surface area contributed by atoms with Crippen molar-refractivity contribution in [1.82, 2.24) is 6.15 Å². The molecule has 1 aliphatic rings. The lowest BCUT2D eigenvalue weighted by molar-refractivity contribution is -0.0263. The van der Waals surface area contributed by atoms with E-state index in [-0.39, 0.29) is 31.6 Å². The first-order valence-corrected chi connectivity index (χ1v) is 4.83. The average molecular weight is 251 g/mol. The van der Waals surface area contributed by atoms with Gasteiger partial charge in [-0.3, -0.25) is 0 Å². The van der Waals surface area contributed by atoms with E-state index in [1.807, 2.05) is 31.2 Å². The lowest BCUT2D eigenvalue weighted by Gasteiger charge is -2.41. The van der Waals surface area contributed by atoms with Gasteiger partial charge in [-0.25, -0.2) is 8.78 Å². The zero-order valence-corrected chi connectivity index (χ0v) is 10.1. The van der Waals surface area contributed by atoms with Crippen LogP contribution in [0.5, 0.6) is 0 Å². The fraction of sp³-hybridized carbons (Fsp3) is 0.455. The summed E-state index contributed by atoms with van der Waals surface area (Å²) in [6.07, 6.45) is 0.887. The topological polar surface area (TPSA) is 38.2 Å². The summed E-state index contributed by atoms with van der Waals surface area (Å²) in [5, 5.41) is 0. The second-order valence-electron chi connectivity index (χ2n) is 3.69. The molecule has 1 aromatic rings. The highest BCUT2D eigenvalue weighted by molar-refractivity contribution is 5.85. The number of halogens is 3. The smallest absolute Gasteiger partial charge is 0.282 e. The summed E-state index contributed by atoms with van der Waals surface area (Å²) in [5.41, 5.74) is 2.10. The molecule has 1 heterocycles. The Morgan fingerprint density at radius 2 is 1.81 bits per heavy atom. The minimum atomic E-state index is -2.49. The predicted octanol–water partition coefficient (Wildman–Crippen LogP) is 3.29. The van der Waals surface area contributed by atoms with Crippen molar-refractivity contribution < 1.29 is 8.78 Å². The monoisotopic (exact) mass is 250 g/mol. The molecule has 1 aromatic carbocycles. The third-order valence-corrected chi connectivity index (χ3v) is 2.56. The van der Waals surface area contributed by atoms with E-state index in [1.165, 1.54) is 0 Å². The summed E-state index contributed by atoms with van der Waals surface area (Å²) in [6, 6.07) is 7.74. The highest BCUT2D eigenvalue weighted by Crippen LogP contribution is 2.33. The van der Waals surface area contributed by atoms with E-state index in [0.717, 1.165) is 17.7 Å². The van der Waals surface area contributed by atoms with Gasteiger partial charge in [0.25, 0.3) is 5.92 Å². The van der Waals surface area contributed by atoms with E-state index >= 15 is 0 Å². The van der Waals surface area contributed by atoms with Crippen LogP contribution in [0.4, 0.5) is 14.5 Å². The van der Waals surface area contributed by atoms with Crippen molar-refractivity contribution in [3.8, 4) is 0 Å². The number of hydrogen-bond acceptors (Lipinski definition) is 2. The average Bonchev–Trinajstić information content (AvgIpc) is 2.14. The van der Waals surface area contributed by atoms with Gasteiger partial charge in [0.05, 0.1) is 13.1 Å². The lowest BCUT2D eigenvalue weighted by Crippen LogP contribution is -2.56. The van der Waals surface area contributed by atoms with E-state index in [0.29, 0.717) is 0 Å². The molecule has 0 spiro atoms. The molecule has 0 aliphatic carbocycles. The summed E-state index contributed by atoms with van der Waals surface area (Å²) < 4.78 is 25.3. The summed E-state index contributed by atoms with van der Waals surface area (Å²) >= 11 is 0. The molecule has 0 aromatic heterocycles. The van der Waals surface area contributed by atoms with E-state index in [4.69, 9.17) is 0 Å². The van der Waals surface area contributed by atoms with Crippen molar-refractivity contribution in [1.29, 1.82) is 0 Å². The molecule has 0 atom stereocenters. The van der Waals surface area contributed by atoms with Crippen LogP contribution in [0.1, 0.15) is 12.5 Å². The van der Waals surface area contributed by atoms with Crippen LogP contribution in [0.3, 0.4) is 0 Å². The Morgan fingerprint density at radius 1 is 1.25 bits per heavy atom. The second kappa shape index (κ2) is 5.46. The number of benzene rings is 1. The molecule has 2 nitrogen and oxygen atoms in total. The van der Waals surface area contributed by atoms with Crippen LogP contribution >= 0.6 is 12.4 Å². The van der Waals surface area contributed by atoms with Crippen LogP contribution in [0.2, 0.25) is 0 Å². The predicted molar refractivity (Wildman–Crippen MR) is 65.3 cm³/mol. The summed E-state index contributed by atoms with van der Waals surface area (Å²) in [5.74, 6) is -2.49. The highest BCUT2D eigenvalue weighted by Gasteiger charge is 2.44. The second-order valence-corrected chi connectivity index (χ2v) is 3.69. The SMILES string of the molecule is CCc1ccccc1N1CC(F)(F)C1.Cl.N. The lowest BCUT2D eigenvalue weighted by atomic mass is 10.0. The Hall–Kier alpha value is -0.870. The zero-order chi connectivity index (χ0) is 10.2. The number of para-hydroxylation sites is 1. The molecule has 1 aliphatic heterocycles. The number of anilines is 1. The van der Waals surface area contributed by atoms with E-state index in [1.54, 1.807) is 4.90 Å². The largest absolute Gasteiger partial charge is 0.359 e. The van der Waals surface area contributed by atoms with Crippen molar-refractivity contribution in [2.45, 2.75) is 19.3 Å². The fourth-order valence-electron chi connectivity index (χ4n) is 1.80. The van der Waals surface area contributed by atoms with Gasteiger partial charge in [0.2, 0.25) is 0 Å². The Balaban J connectivity index is 0.00000112. The Morgan fingerprint density at radius 3 is 2.31 bits per heavy atom. The van der Waals surface area contributed by atoms with Crippen LogP contribution in [0, 0.1) is 0 Å². The van der Waals surface area contributed by atoms with Crippen molar-refractivity contribution in [3.05, 3.63) is 29.8 Å². The van der Waals surface area contributed by atoms with Gasteiger partial charge in [0, 0.05) is 5.69 Å². The molecule has 1 fully saturated rings. The van der Waals surface area contributed by atoms with Gasteiger partial charge in [-0.1, -0.05) is 25.1 Å².